The number of hydrogen-bond donors (Lipinski definition) is 3. The van der Waals surface area contributed by atoms with Crippen molar-refractivity contribution in [3.05, 3.63) is 53.2 Å². The molecule has 1 aliphatic heterocycles. The van der Waals surface area contributed by atoms with Crippen LogP contribution in [0.1, 0.15) is 36.0 Å². The summed E-state index contributed by atoms with van der Waals surface area (Å²) in [7, 11) is 0. The van der Waals surface area contributed by atoms with E-state index in [1.165, 1.54) is 11.1 Å². The number of nitrogens with zero attached hydrogens (tertiary/aromatic N) is 5. The number of aromatic nitrogens is 3. The molecule has 2 aliphatic rings. The first-order chi connectivity index (χ1) is 16.9. The van der Waals surface area contributed by atoms with E-state index in [0.717, 1.165) is 41.0 Å². The molecule has 1 unspecified atom stereocenters. The Kier molecular flexibility index (Phi) is 6.23. The highest BCUT2D eigenvalue weighted by Gasteiger charge is 2.24. The zero-order chi connectivity index (χ0) is 24.5. The summed E-state index contributed by atoms with van der Waals surface area (Å²) in [4.78, 5) is 17.5. The van der Waals surface area contributed by atoms with Crippen molar-refractivity contribution < 1.29 is 14.5 Å². The number of nitriles is 1. The van der Waals surface area contributed by atoms with Crippen LogP contribution in [0.3, 0.4) is 0 Å². The summed E-state index contributed by atoms with van der Waals surface area (Å²) in [6.45, 7) is 0.774. The van der Waals surface area contributed by atoms with E-state index >= 15 is 0 Å². The Morgan fingerprint density at radius 1 is 1.37 bits per heavy atom. The minimum atomic E-state index is -1.08. The van der Waals surface area contributed by atoms with E-state index in [0.29, 0.717) is 48.3 Å². The third kappa shape index (κ3) is 5.03. The fourth-order valence-corrected chi connectivity index (χ4v) is 4.90. The Morgan fingerprint density at radius 3 is 2.91 bits per heavy atom. The van der Waals surface area contributed by atoms with Crippen molar-refractivity contribution in [1.82, 2.24) is 19.5 Å². The van der Waals surface area contributed by atoms with Gasteiger partial charge in [-0.15, -0.1) is 0 Å². The molecule has 35 heavy (non-hydrogen) atoms. The summed E-state index contributed by atoms with van der Waals surface area (Å²) in [5.74, 6) is 1.66. The average molecular weight is 492 g/mol. The number of benzene rings is 1. The zero-order valence-corrected chi connectivity index (χ0v) is 20.0. The number of carboxylic acid groups (broad SMARTS) is 1. The Hall–Kier alpha value is -3.75. The molecule has 1 atom stereocenters. The van der Waals surface area contributed by atoms with Gasteiger partial charge in [-0.1, -0.05) is 23.3 Å². The molecular weight excluding hydrogens is 466 g/mol. The molecule has 0 bridgehead atoms. The molecular formula is C24H25N7O3S. The topological polar surface area (TPSA) is 142 Å². The third-order valence-corrected chi connectivity index (χ3v) is 6.74. The second kappa shape index (κ2) is 9.48. The van der Waals surface area contributed by atoms with Gasteiger partial charge in [-0.25, -0.2) is 9.78 Å². The van der Waals surface area contributed by atoms with Crippen LogP contribution in [-0.4, -0.2) is 60.6 Å². The summed E-state index contributed by atoms with van der Waals surface area (Å²) in [6, 6.07) is 10.2. The predicted octanol–water partition coefficient (Wildman–Crippen LogP) is 3.56. The van der Waals surface area contributed by atoms with E-state index in [2.05, 4.69) is 32.9 Å². The first-order valence-electron chi connectivity index (χ1n) is 11.3. The van der Waals surface area contributed by atoms with Crippen LogP contribution in [0.5, 0.6) is 0 Å². The fraction of sp³-hybridized carbons (Fsp3) is 0.333. The quantitative estimate of drug-likeness (QED) is 0.426. The van der Waals surface area contributed by atoms with Crippen molar-refractivity contribution in [2.75, 3.05) is 30.0 Å². The Morgan fingerprint density at radius 2 is 2.20 bits per heavy atom. The second-order valence-corrected chi connectivity index (χ2v) is 10.2. The highest BCUT2D eigenvalue weighted by atomic mass is 32.2. The Bertz CT molecular complexity index is 1360. The molecule has 11 heteroatoms. The maximum Gasteiger partial charge on any atom is 0.407 e. The molecule has 1 saturated carbocycles. The molecule has 3 aromatic rings. The van der Waals surface area contributed by atoms with Gasteiger partial charge >= 0.3 is 6.09 Å². The molecule has 10 nitrogen and oxygen atoms in total. The monoisotopic (exact) mass is 491 g/mol. The van der Waals surface area contributed by atoms with Crippen molar-refractivity contribution in [3.63, 3.8) is 0 Å². The number of fused-ring (bicyclic) bond motifs is 1. The number of anilines is 3. The number of amides is 1. The molecule has 0 radical (unpaired) electrons. The molecule has 5 rings (SSSR count). The van der Waals surface area contributed by atoms with Gasteiger partial charge in [-0.05, 0) is 42.5 Å². The van der Waals surface area contributed by atoms with E-state index in [1.54, 1.807) is 10.8 Å². The molecule has 0 spiro atoms. The molecule has 1 aliphatic carbocycles. The van der Waals surface area contributed by atoms with Crippen LogP contribution in [0.15, 0.2) is 36.5 Å². The van der Waals surface area contributed by atoms with Gasteiger partial charge in [0.15, 0.2) is 5.65 Å². The SMILES string of the molecule is C[S+]([O-])Cc1cc(Nc2cc(NC3CC3)n3ncc(C#N)c3n2)ccc1C1=CCCN(C(=O)O)C1. The van der Waals surface area contributed by atoms with Crippen LogP contribution >= 0.6 is 0 Å². The lowest BCUT2D eigenvalue weighted by molar-refractivity contribution is 0.150. The van der Waals surface area contributed by atoms with Gasteiger partial charge in [0.05, 0.1) is 12.5 Å². The fourth-order valence-electron chi connectivity index (χ4n) is 4.22. The smallest absolute Gasteiger partial charge is 0.407 e. The number of carbonyl (C=O) groups is 1. The zero-order valence-electron chi connectivity index (χ0n) is 19.2. The van der Waals surface area contributed by atoms with Gasteiger partial charge in [0.1, 0.15) is 29.0 Å². The van der Waals surface area contributed by atoms with E-state index in [-0.39, 0.29) is 0 Å². The molecule has 1 amide bonds. The van der Waals surface area contributed by atoms with Crippen molar-refractivity contribution >= 4 is 45.8 Å². The molecule has 3 heterocycles. The molecule has 1 aromatic carbocycles. The van der Waals surface area contributed by atoms with Crippen molar-refractivity contribution in [2.24, 2.45) is 0 Å². The maximum atomic E-state index is 12.1. The Labute approximate surface area is 205 Å². The molecule has 1 fully saturated rings. The first kappa shape index (κ1) is 23.0. The highest BCUT2D eigenvalue weighted by Crippen LogP contribution is 2.31. The summed E-state index contributed by atoms with van der Waals surface area (Å²) in [5, 5.41) is 29.9. The van der Waals surface area contributed by atoms with Crippen molar-refractivity contribution in [2.45, 2.75) is 31.1 Å². The first-order valence-corrected chi connectivity index (χ1v) is 13.1. The van der Waals surface area contributed by atoms with Crippen LogP contribution in [0.2, 0.25) is 0 Å². The lowest BCUT2D eigenvalue weighted by Crippen LogP contribution is -2.34. The van der Waals surface area contributed by atoms with Gasteiger partial charge in [-0.2, -0.15) is 14.9 Å². The van der Waals surface area contributed by atoms with Crippen LogP contribution in [0.25, 0.3) is 11.2 Å². The van der Waals surface area contributed by atoms with Crippen molar-refractivity contribution in [1.29, 1.82) is 5.26 Å². The average Bonchev–Trinajstić information content (AvgIpc) is 3.55. The van der Waals surface area contributed by atoms with E-state index < -0.39 is 17.3 Å². The van der Waals surface area contributed by atoms with Crippen LogP contribution in [0.4, 0.5) is 22.1 Å². The summed E-state index contributed by atoms with van der Waals surface area (Å²) in [5.41, 5.74) is 4.30. The van der Waals surface area contributed by atoms with Crippen LogP contribution in [0, 0.1) is 11.3 Å². The third-order valence-electron chi connectivity index (χ3n) is 6.03. The van der Waals surface area contributed by atoms with E-state index in [9.17, 15) is 19.7 Å². The summed E-state index contributed by atoms with van der Waals surface area (Å²) in [6.07, 6.45) is 7.09. The van der Waals surface area contributed by atoms with Crippen molar-refractivity contribution in [3.8, 4) is 6.07 Å². The van der Waals surface area contributed by atoms with Gasteiger partial charge < -0.3 is 25.2 Å². The van der Waals surface area contributed by atoms with Gasteiger partial charge in [0.2, 0.25) is 0 Å². The summed E-state index contributed by atoms with van der Waals surface area (Å²) < 4.78 is 13.8. The molecule has 2 aromatic heterocycles. The van der Waals surface area contributed by atoms with Crippen LogP contribution in [-0.2, 0) is 16.9 Å². The van der Waals surface area contributed by atoms with Gasteiger partial charge in [-0.3, -0.25) is 0 Å². The lowest BCUT2D eigenvalue weighted by Gasteiger charge is -2.26. The van der Waals surface area contributed by atoms with Gasteiger partial charge in [0.25, 0.3) is 0 Å². The Balaban J connectivity index is 1.48. The number of nitrogens with one attached hydrogen (secondary N) is 2. The second-order valence-electron chi connectivity index (χ2n) is 8.79. The molecule has 3 N–H and O–H groups in total. The van der Waals surface area contributed by atoms with Gasteiger partial charge in [0, 0.05) is 36.4 Å². The molecule has 180 valence electrons. The standard InChI is InChI=1S/C24H25N7O3S/c1-35(34)14-16-9-19(6-7-20(16)15-3-2-8-30(13-15)24(32)33)27-21-10-22(28-18-4-5-18)31-23(29-21)17(11-25)12-26-31/h3,6-7,9-10,12,18,28H,2,4-5,8,13-14H2,1H3,(H,27,29)(H,32,33). The van der Waals surface area contributed by atoms with E-state index in [1.807, 2.05) is 24.3 Å². The minimum Gasteiger partial charge on any atom is -0.616 e. The largest absolute Gasteiger partial charge is 0.616 e. The summed E-state index contributed by atoms with van der Waals surface area (Å²) >= 11 is -1.08. The number of rotatable bonds is 7. The number of hydrogen-bond acceptors (Lipinski definition) is 7. The molecule has 0 saturated heterocycles. The van der Waals surface area contributed by atoms with Crippen LogP contribution < -0.4 is 10.6 Å². The predicted molar refractivity (Wildman–Crippen MR) is 134 cm³/mol. The maximum absolute atomic E-state index is 12.1. The highest BCUT2D eigenvalue weighted by molar-refractivity contribution is 7.89. The van der Waals surface area contributed by atoms with E-state index in [4.69, 9.17) is 0 Å². The normalized spacial score (nSPS) is 16.5. The lowest BCUT2D eigenvalue weighted by atomic mass is 9.96. The minimum absolute atomic E-state index is 0.304.